The SMILES string of the molecule is CC1CCN(C(=O)CSc2ccc(C(N)=O)cc2[N+](=O)[O-])c2ccccc21. The fourth-order valence-corrected chi connectivity index (χ4v) is 4.04. The summed E-state index contributed by atoms with van der Waals surface area (Å²) in [6, 6.07) is 11.9. The summed E-state index contributed by atoms with van der Waals surface area (Å²) < 4.78 is 0. The number of nitro benzene ring substituents is 1. The van der Waals surface area contributed by atoms with Crippen molar-refractivity contribution in [3.63, 3.8) is 0 Å². The number of anilines is 1. The molecule has 7 nitrogen and oxygen atoms in total. The van der Waals surface area contributed by atoms with E-state index in [0.29, 0.717) is 17.4 Å². The van der Waals surface area contributed by atoms with Crippen LogP contribution in [0, 0.1) is 10.1 Å². The summed E-state index contributed by atoms with van der Waals surface area (Å²) in [4.78, 5) is 36.8. The van der Waals surface area contributed by atoms with E-state index in [1.165, 1.54) is 12.1 Å². The third-order valence-electron chi connectivity index (χ3n) is 4.64. The second-order valence-corrected chi connectivity index (χ2v) is 7.40. The quantitative estimate of drug-likeness (QED) is 0.483. The Labute approximate surface area is 160 Å². The normalized spacial score (nSPS) is 15.9. The van der Waals surface area contributed by atoms with Crippen molar-refractivity contribution in [3.05, 3.63) is 63.7 Å². The van der Waals surface area contributed by atoms with Crippen molar-refractivity contribution in [1.29, 1.82) is 0 Å². The van der Waals surface area contributed by atoms with Gasteiger partial charge in [-0.3, -0.25) is 19.7 Å². The molecule has 1 heterocycles. The maximum Gasteiger partial charge on any atom is 0.283 e. The number of para-hydroxylation sites is 1. The van der Waals surface area contributed by atoms with E-state index < -0.39 is 10.8 Å². The molecule has 27 heavy (non-hydrogen) atoms. The number of thioether (sulfide) groups is 1. The van der Waals surface area contributed by atoms with Gasteiger partial charge in [0.2, 0.25) is 11.8 Å². The minimum absolute atomic E-state index is 0.0660. The highest BCUT2D eigenvalue weighted by Crippen LogP contribution is 2.36. The molecule has 3 rings (SSSR count). The molecule has 0 aromatic heterocycles. The van der Waals surface area contributed by atoms with Crippen molar-refractivity contribution < 1.29 is 14.5 Å². The van der Waals surface area contributed by atoms with Gasteiger partial charge in [0.1, 0.15) is 0 Å². The predicted octanol–water partition coefficient (Wildman–Crippen LogP) is 3.33. The van der Waals surface area contributed by atoms with E-state index in [4.69, 9.17) is 5.73 Å². The maximum atomic E-state index is 12.8. The first-order valence-corrected chi connectivity index (χ1v) is 9.47. The van der Waals surface area contributed by atoms with Crippen molar-refractivity contribution in [2.45, 2.75) is 24.2 Å². The van der Waals surface area contributed by atoms with E-state index in [9.17, 15) is 19.7 Å². The lowest BCUT2D eigenvalue weighted by Gasteiger charge is -2.32. The first-order chi connectivity index (χ1) is 12.9. The van der Waals surface area contributed by atoms with E-state index in [1.54, 1.807) is 4.90 Å². The number of primary amides is 1. The van der Waals surface area contributed by atoms with Crippen molar-refractivity contribution in [2.75, 3.05) is 17.2 Å². The molecule has 140 valence electrons. The molecule has 2 aromatic rings. The van der Waals surface area contributed by atoms with Crippen LogP contribution in [-0.4, -0.2) is 29.0 Å². The van der Waals surface area contributed by atoms with Gasteiger partial charge in [-0.1, -0.05) is 25.1 Å². The van der Waals surface area contributed by atoms with Gasteiger partial charge >= 0.3 is 0 Å². The fourth-order valence-electron chi connectivity index (χ4n) is 3.16. The number of nitrogens with two attached hydrogens (primary N) is 1. The van der Waals surface area contributed by atoms with Crippen LogP contribution in [-0.2, 0) is 4.79 Å². The second kappa shape index (κ2) is 7.79. The highest BCUT2D eigenvalue weighted by molar-refractivity contribution is 8.00. The van der Waals surface area contributed by atoms with Crippen LogP contribution in [0.1, 0.15) is 35.2 Å². The molecule has 0 saturated heterocycles. The molecule has 1 atom stereocenters. The first kappa shape index (κ1) is 18.9. The monoisotopic (exact) mass is 385 g/mol. The molecule has 1 unspecified atom stereocenters. The van der Waals surface area contributed by atoms with Gasteiger partial charge in [0, 0.05) is 23.9 Å². The van der Waals surface area contributed by atoms with Gasteiger partial charge in [0.05, 0.1) is 15.6 Å². The van der Waals surface area contributed by atoms with Crippen LogP contribution >= 0.6 is 11.8 Å². The molecule has 0 saturated carbocycles. The Hall–Kier alpha value is -2.87. The van der Waals surface area contributed by atoms with Crippen LogP contribution in [0.3, 0.4) is 0 Å². The lowest BCUT2D eigenvalue weighted by atomic mass is 9.91. The Morgan fingerprint density at radius 2 is 2.04 bits per heavy atom. The Bertz CT molecular complexity index is 916. The molecule has 2 amide bonds. The molecule has 0 bridgehead atoms. The molecule has 0 radical (unpaired) electrons. The average Bonchev–Trinajstić information content (AvgIpc) is 2.66. The summed E-state index contributed by atoms with van der Waals surface area (Å²) in [7, 11) is 0. The molecule has 8 heteroatoms. The van der Waals surface area contributed by atoms with Gasteiger partial charge in [-0.25, -0.2) is 0 Å². The van der Waals surface area contributed by atoms with Gasteiger partial charge in [-0.2, -0.15) is 0 Å². The first-order valence-electron chi connectivity index (χ1n) is 8.49. The van der Waals surface area contributed by atoms with Crippen molar-refractivity contribution in [3.8, 4) is 0 Å². The van der Waals surface area contributed by atoms with Gasteiger partial charge in [0.15, 0.2) is 0 Å². The number of hydrogen-bond donors (Lipinski definition) is 1. The smallest absolute Gasteiger partial charge is 0.283 e. The molecule has 0 fully saturated rings. The van der Waals surface area contributed by atoms with Crippen molar-refractivity contribution >= 4 is 35.0 Å². The summed E-state index contributed by atoms with van der Waals surface area (Å²) in [5.41, 5.74) is 7.06. The van der Waals surface area contributed by atoms with E-state index in [1.807, 2.05) is 24.3 Å². The zero-order valence-electron chi connectivity index (χ0n) is 14.8. The highest BCUT2D eigenvalue weighted by Gasteiger charge is 2.26. The zero-order valence-corrected chi connectivity index (χ0v) is 15.6. The third kappa shape index (κ3) is 3.95. The topological polar surface area (TPSA) is 107 Å². The van der Waals surface area contributed by atoms with E-state index >= 15 is 0 Å². The summed E-state index contributed by atoms with van der Waals surface area (Å²) in [5, 5.41) is 11.3. The number of carbonyl (C=O) groups excluding carboxylic acids is 2. The second-order valence-electron chi connectivity index (χ2n) is 6.39. The Morgan fingerprint density at radius 3 is 2.74 bits per heavy atom. The Kier molecular flexibility index (Phi) is 5.46. The van der Waals surface area contributed by atoms with Crippen molar-refractivity contribution in [1.82, 2.24) is 0 Å². The molecule has 2 N–H and O–H groups in total. The predicted molar refractivity (Wildman–Crippen MR) is 104 cm³/mol. The number of nitro groups is 1. The van der Waals surface area contributed by atoms with Gasteiger partial charge in [-0.05, 0) is 36.1 Å². The van der Waals surface area contributed by atoms with Gasteiger partial charge in [-0.15, -0.1) is 11.8 Å². The van der Waals surface area contributed by atoms with Crippen molar-refractivity contribution in [2.24, 2.45) is 5.73 Å². The maximum absolute atomic E-state index is 12.8. The number of amides is 2. The van der Waals surface area contributed by atoms with Crippen LogP contribution in [0.15, 0.2) is 47.4 Å². The fraction of sp³-hybridized carbons (Fsp3) is 0.263. The summed E-state index contributed by atoms with van der Waals surface area (Å²) in [6.45, 7) is 2.76. The van der Waals surface area contributed by atoms with E-state index in [-0.39, 0.29) is 22.9 Å². The van der Waals surface area contributed by atoms with Crippen LogP contribution in [0.4, 0.5) is 11.4 Å². The largest absolute Gasteiger partial charge is 0.366 e. The third-order valence-corrected chi connectivity index (χ3v) is 5.68. The van der Waals surface area contributed by atoms with E-state index in [2.05, 4.69) is 6.92 Å². The number of rotatable bonds is 5. The van der Waals surface area contributed by atoms with Crippen LogP contribution in [0.5, 0.6) is 0 Å². The molecule has 1 aliphatic rings. The Morgan fingerprint density at radius 1 is 1.30 bits per heavy atom. The summed E-state index contributed by atoms with van der Waals surface area (Å²) in [6.07, 6.45) is 0.876. The Balaban J connectivity index is 1.78. The zero-order chi connectivity index (χ0) is 19.6. The summed E-state index contributed by atoms with van der Waals surface area (Å²) >= 11 is 1.09. The number of hydrogen-bond acceptors (Lipinski definition) is 5. The number of carbonyl (C=O) groups is 2. The average molecular weight is 385 g/mol. The lowest BCUT2D eigenvalue weighted by Crippen LogP contribution is -2.37. The van der Waals surface area contributed by atoms with Gasteiger partial charge < -0.3 is 10.6 Å². The highest BCUT2D eigenvalue weighted by atomic mass is 32.2. The molecule has 0 aliphatic carbocycles. The number of benzene rings is 2. The number of fused-ring (bicyclic) bond motifs is 1. The molecular weight excluding hydrogens is 366 g/mol. The summed E-state index contributed by atoms with van der Waals surface area (Å²) in [5.74, 6) is -0.378. The van der Waals surface area contributed by atoms with Crippen LogP contribution < -0.4 is 10.6 Å². The van der Waals surface area contributed by atoms with Gasteiger partial charge in [0.25, 0.3) is 5.69 Å². The molecule has 2 aromatic carbocycles. The van der Waals surface area contributed by atoms with Crippen LogP contribution in [0.25, 0.3) is 0 Å². The minimum Gasteiger partial charge on any atom is -0.366 e. The lowest BCUT2D eigenvalue weighted by molar-refractivity contribution is -0.387. The molecule has 1 aliphatic heterocycles. The number of nitrogens with zero attached hydrogens (tertiary/aromatic N) is 2. The standard InChI is InChI=1S/C19H19N3O4S/c1-12-8-9-21(15-5-3-2-4-14(12)15)18(23)11-27-17-7-6-13(19(20)24)10-16(17)22(25)26/h2-7,10,12H,8-9,11H2,1H3,(H2,20,24). The minimum atomic E-state index is -0.732. The molecule has 0 spiro atoms. The van der Waals surface area contributed by atoms with E-state index in [0.717, 1.165) is 35.5 Å². The molecular formula is C19H19N3O4S. The van der Waals surface area contributed by atoms with Crippen LogP contribution in [0.2, 0.25) is 0 Å².